The molecule has 27 heavy (non-hydrogen) atoms. The molecule has 146 valence electrons. The second kappa shape index (κ2) is 8.48. The molecule has 6 nitrogen and oxygen atoms in total. The van der Waals surface area contributed by atoms with Gasteiger partial charge in [0, 0.05) is 11.2 Å². The number of carboxylic acid groups (broad SMARTS) is 1. The first-order chi connectivity index (χ1) is 12.9. The van der Waals surface area contributed by atoms with Gasteiger partial charge in [0.05, 0.1) is 28.0 Å². The third kappa shape index (κ3) is 3.88. The Morgan fingerprint density at radius 3 is 2.67 bits per heavy atom. The van der Waals surface area contributed by atoms with Crippen molar-refractivity contribution in [1.82, 2.24) is 9.80 Å². The summed E-state index contributed by atoms with van der Waals surface area (Å²) in [4.78, 5) is 27.9. The average Bonchev–Trinajstić information content (AvgIpc) is 2.95. The van der Waals surface area contributed by atoms with E-state index in [1.807, 2.05) is 37.4 Å². The predicted molar refractivity (Wildman–Crippen MR) is 112 cm³/mol. The SMILES string of the molecule is C[C@@H](O)[C@H]1C(=O)N2C(C(=O)O)C(C(SC=S)N(C)Cc3ccccc3)SC12. The van der Waals surface area contributed by atoms with Crippen molar-refractivity contribution >= 4 is 52.3 Å². The largest absolute Gasteiger partial charge is 0.480 e. The molecule has 3 rings (SSSR count). The van der Waals surface area contributed by atoms with Crippen LogP contribution < -0.4 is 0 Å². The lowest BCUT2D eigenvalue weighted by molar-refractivity contribution is -0.167. The molecule has 2 heterocycles. The molecule has 0 aromatic heterocycles. The maximum Gasteiger partial charge on any atom is 0.327 e. The van der Waals surface area contributed by atoms with Crippen LogP contribution >= 0.6 is 35.7 Å². The number of β-lactam (4-membered cyclic amide) rings is 1. The third-order valence-electron chi connectivity index (χ3n) is 4.99. The normalized spacial score (nSPS) is 29.2. The summed E-state index contributed by atoms with van der Waals surface area (Å²) in [5.41, 5.74) is 1.12. The molecule has 0 radical (unpaired) electrons. The Labute approximate surface area is 172 Å². The van der Waals surface area contributed by atoms with Crippen LogP contribution in [0.15, 0.2) is 30.3 Å². The molecule has 0 bridgehead atoms. The lowest BCUT2D eigenvalue weighted by Gasteiger charge is -2.44. The molecular formula is C18H22N2O4S3. The zero-order valence-corrected chi connectivity index (χ0v) is 17.4. The van der Waals surface area contributed by atoms with Crippen LogP contribution in [0.4, 0.5) is 0 Å². The topological polar surface area (TPSA) is 81.1 Å². The van der Waals surface area contributed by atoms with Crippen molar-refractivity contribution in [3.8, 4) is 0 Å². The van der Waals surface area contributed by atoms with Crippen LogP contribution in [-0.4, -0.2) is 71.8 Å². The Kier molecular flexibility index (Phi) is 6.47. The van der Waals surface area contributed by atoms with Crippen molar-refractivity contribution < 1.29 is 19.8 Å². The fourth-order valence-corrected chi connectivity index (χ4v) is 7.09. The number of amides is 1. The summed E-state index contributed by atoms with van der Waals surface area (Å²) in [6.45, 7) is 2.22. The van der Waals surface area contributed by atoms with Gasteiger partial charge in [0.25, 0.3) is 0 Å². The summed E-state index contributed by atoms with van der Waals surface area (Å²) in [6, 6.07) is 9.00. The molecule has 2 aliphatic heterocycles. The van der Waals surface area contributed by atoms with Gasteiger partial charge >= 0.3 is 5.97 Å². The average molecular weight is 427 g/mol. The van der Waals surface area contributed by atoms with E-state index < -0.39 is 24.0 Å². The number of aliphatic hydroxyl groups excluding tert-OH is 1. The van der Waals surface area contributed by atoms with Crippen LogP contribution in [0.3, 0.4) is 0 Å². The molecule has 2 N–H and O–H groups in total. The highest BCUT2D eigenvalue weighted by atomic mass is 32.2. The number of rotatable bonds is 8. The molecule has 6 atom stereocenters. The van der Waals surface area contributed by atoms with E-state index in [0.717, 1.165) is 5.56 Å². The molecule has 9 heteroatoms. The van der Waals surface area contributed by atoms with E-state index in [4.69, 9.17) is 12.2 Å². The van der Waals surface area contributed by atoms with Gasteiger partial charge in [0.15, 0.2) is 0 Å². The molecule has 2 saturated heterocycles. The molecule has 1 amide bonds. The van der Waals surface area contributed by atoms with Crippen LogP contribution in [0.25, 0.3) is 0 Å². The lowest BCUT2D eigenvalue weighted by atomic mass is 9.90. The number of carbonyl (C=O) groups excluding carboxylic acids is 1. The molecule has 1 aromatic carbocycles. The van der Waals surface area contributed by atoms with Crippen LogP contribution in [-0.2, 0) is 16.1 Å². The second-order valence-corrected chi connectivity index (χ2v) is 9.63. The van der Waals surface area contributed by atoms with Gasteiger partial charge in [-0.3, -0.25) is 9.69 Å². The Morgan fingerprint density at radius 2 is 2.11 bits per heavy atom. The van der Waals surface area contributed by atoms with Gasteiger partial charge in [-0.1, -0.05) is 42.5 Å². The number of carboxylic acids is 1. The minimum Gasteiger partial charge on any atom is -0.480 e. The zero-order valence-electron chi connectivity index (χ0n) is 15.0. The Bertz CT molecular complexity index is 718. The number of hydrogen-bond acceptors (Lipinski definition) is 7. The van der Waals surface area contributed by atoms with Crippen LogP contribution in [0.1, 0.15) is 12.5 Å². The highest BCUT2D eigenvalue weighted by molar-refractivity contribution is 8.21. The fourth-order valence-electron chi connectivity index (χ4n) is 3.73. The lowest BCUT2D eigenvalue weighted by Crippen LogP contribution is -2.65. The first kappa shape index (κ1) is 20.6. The van der Waals surface area contributed by atoms with Crippen molar-refractivity contribution in [2.24, 2.45) is 5.92 Å². The zero-order chi connectivity index (χ0) is 19.7. The maximum atomic E-state index is 12.4. The molecule has 0 aliphatic carbocycles. The minimum absolute atomic E-state index is 0.207. The van der Waals surface area contributed by atoms with Crippen molar-refractivity contribution in [2.75, 3.05) is 7.05 Å². The summed E-state index contributed by atoms with van der Waals surface area (Å²) in [6.07, 6.45) is -0.793. The van der Waals surface area contributed by atoms with E-state index in [1.54, 1.807) is 11.6 Å². The van der Waals surface area contributed by atoms with Crippen molar-refractivity contribution in [3.63, 3.8) is 0 Å². The van der Waals surface area contributed by atoms with E-state index in [0.29, 0.717) is 6.54 Å². The number of aliphatic hydroxyl groups is 1. The third-order valence-corrected chi connectivity index (χ3v) is 8.16. The molecule has 0 saturated carbocycles. The number of thiocarbonyl (C=S) groups is 1. The monoisotopic (exact) mass is 426 g/mol. The van der Waals surface area contributed by atoms with Gasteiger partial charge in [0.1, 0.15) is 6.04 Å². The van der Waals surface area contributed by atoms with Crippen LogP contribution in [0.2, 0.25) is 0 Å². The van der Waals surface area contributed by atoms with Gasteiger partial charge in [-0.15, -0.1) is 23.5 Å². The van der Waals surface area contributed by atoms with E-state index in [-0.39, 0.29) is 21.9 Å². The second-order valence-electron chi connectivity index (χ2n) is 6.81. The highest BCUT2D eigenvalue weighted by Crippen LogP contribution is 2.51. The number of thioether (sulfide) groups is 2. The van der Waals surface area contributed by atoms with Crippen molar-refractivity contribution in [1.29, 1.82) is 0 Å². The van der Waals surface area contributed by atoms with Gasteiger partial charge in [-0.05, 0) is 19.5 Å². The number of benzene rings is 1. The Balaban J connectivity index is 1.84. The van der Waals surface area contributed by atoms with Gasteiger partial charge < -0.3 is 15.1 Å². The van der Waals surface area contributed by atoms with E-state index >= 15 is 0 Å². The highest BCUT2D eigenvalue weighted by Gasteiger charge is 2.63. The standard InChI is InChI=1S/C18H22N2O4S3/c1-10(21)12-15(22)20-13(18(23)24)14(27-16(12)20)17(26-9-25)19(2)8-11-6-4-3-5-7-11/h3-7,9-10,12-14,16-17,21H,8H2,1-2H3,(H,23,24)/t10-,12+,13?,14?,16?,17?/m1/s1. The van der Waals surface area contributed by atoms with Crippen LogP contribution in [0.5, 0.6) is 0 Å². The maximum absolute atomic E-state index is 12.4. The first-order valence-corrected chi connectivity index (χ1v) is 10.9. The molecule has 0 spiro atoms. The quantitative estimate of drug-likeness (QED) is 0.370. The molecule has 2 aliphatic rings. The molecule has 1 aromatic rings. The van der Waals surface area contributed by atoms with Crippen LogP contribution in [0, 0.1) is 5.92 Å². The van der Waals surface area contributed by atoms with Gasteiger partial charge in [-0.2, -0.15) is 0 Å². The minimum atomic E-state index is -1.02. The summed E-state index contributed by atoms with van der Waals surface area (Å²) in [7, 11) is 1.94. The summed E-state index contributed by atoms with van der Waals surface area (Å²) < 4.78 is 1.55. The van der Waals surface area contributed by atoms with Crippen molar-refractivity contribution in [2.45, 2.75) is 41.6 Å². The molecule has 2 fully saturated rings. The van der Waals surface area contributed by atoms with Gasteiger partial charge in [-0.25, -0.2) is 4.79 Å². The summed E-state index contributed by atoms with van der Waals surface area (Å²) in [5, 5.41) is 18.8. The molecule has 4 unspecified atom stereocenters. The van der Waals surface area contributed by atoms with E-state index in [1.165, 1.54) is 28.4 Å². The number of hydrogen-bond donors (Lipinski definition) is 2. The van der Waals surface area contributed by atoms with E-state index in [2.05, 4.69) is 4.90 Å². The summed E-state index contributed by atoms with van der Waals surface area (Å²) in [5.74, 6) is -1.84. The number of fused-ring (bicyclic) bond motifs is 1. The summed E-state index contributed by atoms with van der Waals surface area (Å²) >= 11 is 7.90. The first-order valence-electron chi connectivity index (χ1n) is 8.58. The fraction of sp³-hybridized carbons (Fsp3) is 0.500. The van der Waals surface area contributed by atoms with E-state index in [9.17, 15) is 19.8 Å². The smallest absolute Gasteiger partial charge is 0.327 e. The molecular weight excluding hydrogens is 404 g/mol. The Morgan fingerprint density at radius 1 is 1.44 bits per heavy atom. The number of carbonyl (C=O) groups is 2. The van der Waals surface area contributed by atoms with Crippen molar-refractivity contribution in [3.05, 3.63) is 35.9 Å². The predicted octanol–water partition coefficient (Wildman–Crippen LogP) is 1.87. The number of aliphatic carboxylic acids is 1. The Hall–Kier alpha value is -1.13. The number of nitrogens with zero attached hydrogens (tertiary/aromatic N) is 2. The van der Waals surface area contributed by atoms with Gasteiger partial charge in [0.2, 0.25) is 5.91 Å².